The standard InChI is InChI=1S/C20H18O4.C3H6O2/c1-13(21)23-11-19-15-7-3-5-9-17(15)20(12-24-14(2)22)18-10-6-4-8-16(18)19;1-2-3(4)5/h3-10H,11-12H2,1-2H3;2H2,1H3,(H,4,5). The van der Waals surface area contributed by atoms with Crippen LogP contribution in [0.15, 0.2) is 48.5 Å². The molecule has 0 atom stereocenters. The second-order valence-electron chi connectivity index (χ2n) is 6.36. The van der Waals surface area contributed by atoms with E-state index < -0.39 is 5.97 Å². The van der Waals surface area contributed by atoms with Gasteiger partial charge in [-0.1, -0.05) is 55.5 Å². The summed E-state index contributed by atoms with van der Waals surface area (Å²) < 4.78 is 10.5. The maximum Gasteiger partial charge on any atom is 0.303 e. The number of carbonyl (C=O) groups is 3. The molecule has 3 aromatic carbocycles. The Labute approximate surface area is 169 Å². The van der Waals surface area contributed by atoms with Crippen molar-refractivity contribution in [2.75, 3.05) is 0 Å². The zero-order valence-electron chi connectivity index (χ0n) is 16.7. The van der Waals surface area contributed by atoms with E-state index in [9.17, 15) is 14.4 Å². The predicted molar refractivity (Wildman–Crippen MR) is 110 cm³/mol. The van der Waals surface area contributed by atoms with Gasteiger partial charge in [0.15, 0.2) is 0 Å². The average Bonchev–Trinajstić information content (AvgIpc) is 2.70. The Morgan fingerprint density at radius 2 is 1.00 bits per heavy atom. The quantitative estimate of drug-likeness (QED) is 0.501. The minimum atomic E-state index is -0.745. The van der Waals surface area contributed by atoms with Gasteiger partial charge in [0.1, 0.15) is 13.2 Å². The lowest BCUT2D eigenvalue weighted by atomic mass is 9.92. The summed E-state index contributed by atoms with van der Waals surface area (Å²) in [6.07, 6.45) is 0.222. The van der Waals surface area contributed by atoms with Crippen LogP contribution in [0.4, 0.5) is 0 Å². The lowest BCUT2D eigenvalue weighted by Crippen LogP contribution is -2.04. The summed E-state index contributed by atoms with van der Waals surface area (Å²) in [5.41, 5.74) is 1.92. The highest BCUT2D eigenvalue weighted by atomic mass is 16.5. The van der Waals surface area contributed by atoms with Crippen molar-refractivity contribution >= 4 is 39.5 Å². The number of aliphatic carboxylic acids is 1. The van der Waals surface area contributed by atoms with Crippen molar-refractivity contribution in [3.05, 3.63) is 59.7 Å². The summed E-state index contributed by atoms with van der Waals surface area (Å²) in [7, 11) is 0. The molecule has 3 aromatic rings. The summed E-state index contributed by atoms with van der Waals surface area (Å²) in [6, 6.07) is 15.8. The van der Waals surface area contributed by atoms with E-state index in [0.717, 1.165) is 32.7 Å². The van der Waals surface area contributed by atoms with E-state index in [-0.39, 0.29) is 31.6 Å². The number of benzene rings is 3. The van der Waals surface area contributed by atoms with E-state index in [0.29, 0.717) is 0 Å². The molecule has 0 aromatic heterocycles. The SMILES string of the molecule is CC(=O)OCc1c2ccccc2c(COC(C)=O)c2ccccc12.CCC(=O)O. The van der Waals surface area contributed by atoms with Crippen LogP contribution in [0.25, 0.3) is 21.5 Å². The zero-order chi connectivity index (χ0) is 21.4. The zero-order valence-corrected chi connectivity index (χ0v) is 16.7. The first kappa shape index (κ1) is 21.9. The molecule has 29 heavy (non-hydrogen) atoms. The van der Waals surface area contributed by atoms with E-state index in [1.807, 2.05) is 48.5 Å². The van der Waals surface area contributed by atoms with Crippen LogP contribution in [0.5, 0.6) is 0 Å². The lowest BCUT2D eigenvalue weighted by Gasteiger charge is -2.16. The smallest absolute Gasteiger partial charge is 0.303 e. The molecule has 0 amide bonds. The molecule has 0 bridgehead atoms. The summed E-state index contributed by atoms with van der Waals surface area (Å²) in [5.74, 6) is -1.37. The maximum absolute atomic E-state index is 11.3. The van der Waals surface area contributed by atoms with Crippen LogP contribution in [0.3, 0.4) is 0 Å². The van der Waals surface area contributed by atoms with Gasteiger partial charge < -0.3 is 14.6 Å². The lowest BCUT2D eigenvalue weighted by molar-refractivity contribution is -0.143. The van der Waals surface area contributed by atoms with Crippen molar-refractivity contribution in [3.8, 4) is 0 Å². The molecule has 1 N–H and O–H groups in total. The van der Waals surface area contributed by atoms with Crippen LogP contribution in [-0.2, 0) is 37.1 Å². The van der Waals surface area contributed by atoms with Crippen molar-refractivity contribution in [1.29, 1.82) is 0 Å². The molecule has 0 saturated heterocycles. The second-order valence-corrected chi connectivity index (χ2v) is 6.36. The third kappa shape index (κ3) is 5.78. The first-order valence-electron chi connectivity index (χ1n) is 9.24. The molecule has 0 aliphatic rings. The largest absolute Gasteiger partial charge is 0.481 e. The fraction of sp³-hybridized carbons (Fsp3) is 0.261. The molecule has 0 fully saturated rings. The van der Waals surface area contributed by atoms with E-state index in [4.69, 9.17) is 14.6 Å². The third-order valence-electron chi connectivity index (χ3n) is 4.30. The van der Waals surface area contributed by atoms with Crippen molar-refractivity contribution in [2.45, 2.75) is 40.4 Å². The number of ether oxygens (including phenoxy) is 2. The van der Waals surface area contributed by atoms with E-state index in [1.165, 1.54) is 13.8 Å². The number of hydrogen-bond donors (Lipinski definition) is 1. The van der Waals surface area contributed by atoms with Crippen LogP contribution in [0.2, 0.25) is 0 Å². The summed E-state index contributed by atoms with van der Waals surface area (Å²) in [5, 5.41) is 11.7. The molecule has 0 saturated carbocycles. The van der Waals surface area contributed by atoms with Crippen molar-refractivity contribution < 1.29 is 29.0 Å². The normalized spacial score (nSPS) is 10.2. The topological polar surface area (TPSA) is 89.9 Å². The molecule has 3 rings (SSSR count). The highest BCUT2D eigenvalue weighted by Gasteiger charge is 2.15. The first-order chi connectivity index (χ1) is 13.8. The molecule has 0 unspecified atom stereocenters. The van der Waals surface area contributed by atoms with E-state index in [2.05, 4.69) is 0 Å². The fourth-order valence-corrected chi connectivity index (χ4v) is 2.97. The second kappa shape index (κ2) is 10.2. The fourth-order valence-electron chi connectivity index (χ4n) is 2.97. The van der Waals surface area contributed by atoms with Crippen molar-refractivity contribution in [3.63, 3.8) is 0 Å². The molecule has 0 heterocycles. The number of rotatable bonds is 5. The molecule has 0 aliphatic carbocycles. The number of carboxylic acid groups (broad SMARTS) is 1. The minimum absolute atomic E-state index is 0.213. The summed E-state index contributed by atoms with van der Waals surface area (Å²) in [6.45, 7) is 4.83. The highest BCUT2D eigenvalue weighted by molar-refractivity contribution is 6.05. The van der Waals surface area contributed by atoms with Gasteiger partial charge in [-0.15, -0.1) is 0 Å². The van der Waals surface area contributed by atoms with Gasteiger partial charge in [0.05, 0.1) is 0 Å². The van der Waals surface area contributed by atoms with Gasteiger partial charge in [-0.25, -0.2) is 0 Å². The van der Waals surface area contributed by atoms with Crippen LogP contribution >= 0.6 is 0 Å². The molecule has 6 heteroatoms. The Morgan fingerprint density at radius 3 is 1.21 bits per heavy atom. The van der Waals surface area contributed by atoms with Gasteiger partial charge in [0.25, 0.3) is 0 Å². The monoisotopic (exact) mass is 396 g/mol. The predicted octanol–water partition coefficient (Wildman–Crippen LogP) is 4.60. The van der Waals surface area contributed by atoms with Gasteiger partial charge in [0.2, 0.25) is 0 Å². The molecule has 6 nitrogen and oxygen atoms in total. The van der Waals surface area contributed by atoms with Gasteiger partial charge in [-0.3, -0.25) is 14.4 Å². The molecular weight excluding hydrogens is 372 g/mol. The van der Waals surface area contributed by atoms with E-state index >= 15 is 0 Å². The summed E-state index contributed by atoms with van der Waals surface area (Å²) in [4.78, 5) is 31.9. The highest BCUT2D eigenvalue weighted by Crippen LogP contribution is 2.34. The van der Waals surface area contributed by atoms with Crippen LogP contribution < -0.4 is 0 Å². The van der Waals surface area contributed by atoms with Gasteiger partial charge in [-0.2, -0.15) is 0 Å². The van der Waals surface area contributed by atoms with Gasteiger partial charge in [-0.05, 0) is 21.5 Å². The van der Waals surface area contributed by atoms with E-state index in [1.54, 1.807) is 6.92 Å². The van der Waals surface area contributed by atoms with Crippen LogP contribution in [-0.4, -0.2) is 23.0 Å². The van der Waals surface area contributed by atoms with Gasteiger partial charge in [0, 0.05) is 31.4 Å². The first-order valence-corrected chi connectivity index (χ1v) is 9.24. The van der Waals surface area contributed by atoms with Crippen molar-refractivity contribution in [1.82, 2.24) is 0 Å². The molecule has 0 aliphatic heterocycles. The van der Waals surface area contributed by atoms with Crippen LogP contribution in [0, 0.1) is 0 Å². The number of carbonyl (C=O) groups excluding carboxylic acids is 2. The Kier molecular flexibility index (Phi) is 7.71. The number of hydrogen-bond acceptors (Lipinski definition) is 5. The average molecular weight is 396 g/mol. The molecule has 0 spiro atoms. The third-order valence-corrected chi connectivity index (χ3v) is 4.30. The number of esters is 2. The summed E-state index contributed by atoms with van der Waals surface area (Å²) >= 11 is 0. The Hall–Kier alpha value is -3.41. The Morgan fingerprint density at radius 1 is 0.724 bits per heavy atom. The maximum atomic E-state index is 11.3. The molecular formula is C23H24O6. The minimum Gasteiger partial charge on any atom is -0.481 e. The van der Waals surface area contributed by atoms with Crippen molar-refractivity contribution in [2.24, 2.45) is 0 Å². The van der Waals surface area contributed by atoms with Crippen LogP contribution in [0.1, 0.15) is 38.3 Å². The Bertz CT molecular complexity index is 905. The number of carboxylic acids is 1. The van der Waals surface area contributed by atoms with Gasteiger partial charge >= 0.3 is 17.9 Å². The Balaban J connectivity index is 0.000000537. The molecule has 0 radical (unpaired) electrons. The number of fused-ring (bicyclic) bond motifs is 2. The molecule has 152 valence electrons.